The van der Waals surface area contributed by atoms with Crippen LogP contribution in [0.25, 0.3) is 0 Å². The molecule has 9 nitrogen and oxygen atoms in total. The first kappa shape index (κ1) is 21.6. The maximum Gasteiger partial charge on any atom is 0.469 e. The molecule has 0 radical (unpaired) electrons. The van der Waals surface area contributed by atoms with Crippen LogP contribution in [-0.2, 0) is 36.6 Å². The summed E-state index contributed by atoms with van der Waals surface area (Å²) in [6, 6.07) is 16.2. The standard InChI is InChI=1S/C18H20NO8P/c20-17(25-11-14-7-3-1-4-8-14)16(13-27-28(22,23)24)19-18(21)26-12-15-9-5-2-6-10-15/h1-10,16H,11-13H2,(H,19,21)(H2,22,23,24)/t16-/m0/s1. The van der Waals surface area contributed by atoms with Gasteiger partial charge in [-0.05, 0) is 11.1 Å². The van der Waals surface area contributed by atoms with Gasteiger partial charge < -0.3 is 24.6 Å². The number of hydrogen-bond donors (Lipinski definition) is 3. The molecule has 1 amide bonds. The molecule has 0 aliphatic carbocycles. The number of phosphoric acid groups is 1. The molecule has 0 saturated carbocycles. The van der Waals surface area contributed by atoms with Crippen molar-refractivity contribution in [2.24, 2.45) is 0 Å². The number of esters is 1. The molecule has 0 heterocycles. The van der Waals surface area contributed by atoms with Gasteiger partial charge in [-0.15, -0.1) is 0 Å². The van der Waals surface area contributed by atoms with Crippen molar-refractivity contribution in [3.63, 3.8) is 0 Å². The van der Waals surface area contributed by atoms with Crippen LogP contribution in [-0.4, -0.2) is 34.5 Å². The van der Waals surface area contributed by atoms with Crippen LogP contribution in [0.5, 0.6) is 0 Å². The first-order valence-electron chi connectivity index (χ1n) is 8.21. The molecule has 0 bridgehead atoms. The lowest BCUT2D eigenvalue weighted by atomic mass is 10.2. The average molecular weight is 409 g/mol. The van der Waals surface area contributed by atoms with E-state index in [-0.39, 0.29) is 13.2 Å². The second-order valence-corrected chi connectivity index (χ2v) is 6.88. The van der Waals surface area contributed by atoms with E-state index in [4.69, 9.17) is 19.3 Å². The Morgan fingerprint density at radius 3 is 1.89 bits per heavy atom. The molecule has 2 rings (SSSR count). The fourth-order valence-electron chi connectivity index (χ4n) is 2.08. The number of hydrogen-bond acceptors (Lipinski definition) is 6. The van der Waals surface area contributed by atoms with E-state index in [0.29, 0.717) is 5.56 Å². The Morgan fingerprint density at radius 2 is 1.39 bits per heavy atom. The van der Waals surface area contributed by atoms with Crippen molar-refractivity contribution < 1.29 is 37.9 Å². The average Bonchev–Trinajstić information content (AvgIpc) is 2.68. The van der Waals surface area contributed by atoms with Crippen LogP contribution in [0.1, 0.15) is 11.1 Å². The van der Waals surface area contributed by atoms with Crippen LogP contribution in [0.4, 0.5) is 4.79 Å². The molecule has 3 N–H and O–H groups in total. The lowest BCUT2D eigenvalue weighted by Gasteiger charge is -2.18. The Labute approximate surface area is 161 Å². The predicted molar refractivity (Wildman–Crippen MR) is 97.8 cm³/mol. The summed E-state index contributed by atoms with van der Waals surface area (Å²) in [6.07, 6.45) is -0.958. The number of amides is 1. The molecule has 0 saturated heterocycles. The summed E-state index contributed by atoms with van der Waals surface area (Å²) in [7, 11) is -4.84. The second-order valence-electron chi connectivity index (χ2n) is 5.64. The number of rotatable bonds is 9. The highest BCUT2D eigenvalue weighted by molar-refractivity contribution is 7.46. The molecule has 0 fully saturated rings. The van der Waals surface area contributed by atoms with Gasteiger partial charge in [-0.2, -0.15) is 0 Å². The maximum atomic E-state index is 12.2. The summed E-state index contributed by atoms with van der Waals surface area (Å²) >= 11 is 0. The first-order valence-corrected chi connectivity index (χ1v) is 9.74. The number of nitrogens with one attached hydrogen (secondary N) is 1. The van der Waals surface area contributed by atoms with Crippen molar-refractivity contribution in [1.82, 2.24) is 5.32 Å². The van der Waals surface area contributed by atoms with E-state index in [2.05, 4.69) is 9.84 Å². The highest BCUT2D eigenvalue weighted by atomic mass is 31.2. The summed E-state index contributed by atoms with van der Waals surface area (Å²) in [6.45, 7) is -0.900. The monoisotopic (exact) mass is 409 g/mol. The van der Waals surface area contributed by atoms with Crippen LogP contribution < -0.4 is 5.32 Å². The minimum absolute atomic E-state index is 0.0438. The van der Waals surface area contributed by atoms with Gasteiger partial charge in [-0.3, -0.25) is 4.52 Å². The van der Waals surface area contributed by atoms with Gasteiger partial charge >= 0.3 is 19.9 Å². The number of phosphoric ester groups is 1. The largest absolute Gasteiger partial charge is 0.469 e. The second kappa shape index (κ2) is 10.6. The van der Waals surface area contributed by atoms with Crippen molar-refractivity contribution in [2.45, 2.75) is 19.3 Å². The zero-order chi connectivity index (χ0) is 20.4. The Bertz CT molecular complexity index is 809. The van der Waals surface area contributed by atoms with Crippen molar-refractivity contribution in [2.75, 3.05) is 6.61 Å². The molecule has 2 aromatic carbocycles. The van der Waals surface area contributed by atoms with E-state index in [1.165, 1.54) is 0 Å². The summed E-state index contributed by atoms with van der Waals surface area (Å²) in [5.74, 6) is -0.922. The third kappa shape index (κ3) is 8.32. The fraction of sp³-hybridized carbons (Fsp3) is 0.222. The van der Waals surface area contributed by atoms with Gasteiger partial charge in [0.1, 0.15) is 13.2 Å². The summed E-state index contributed by atoms with van der Waals surface area (Å²) in [5, 5.41) is 2.19. The van der Waals surface area contributed by atoms with Gasteiger partial charge in [0.15, 0.2) is 6.04 Å². The number of carbonyl (C=O) groups excluding carboxylic acids is 2. The maximum absolute atomic E-state index is 12.2. The number of ether oxygens (including phenoxy) is 2. The smallest absolute Gasteiger partial charge is 0.459 e. The molecule has 0 aliphatic rings. The lowest BCUT2D eigenvalue weighted by Crippen LogP contribution is -2.45. The molecule has 2 aromatic rings. The van der Waals surface area contributed by atoms with Gasteiger partial charge in [-0.25, -0.2) is 14.2 Å². The number of benzene rings is 2. The zero-order valence-electron chi connectivity index (χ0n) is 14.8. The van der Waals surface area contributed by atoms with Crippen LogP contribution in [0.15, 0.2) is 60.7 Å². The molecule has 0 aliphatic heterocycles. The molecular weight excluding hydrogens is 389 g/mol. The van der Waals surface area contributed by atoms with Gasteiger partial charge in [-0.1, -0.05) is 60.7 Å². The van der Waals surface area contributed by atoms with E-state index >= 15 is 0 Å². The van der Waals surface area contributed by atoms with Crippen molar-refractivity contribution in [1.29, 1.82) is 0 Å². The number of alkyl carbamates (subject to hydrolysis) is 1. The third-order valence-electron chi connectivity index (χ3n) is 3.42. The highest BCUT2D eigenvalue weighted by Crippen LogP contribution is 2.35. The van der Waals surface area contributed by atoms with Gasteiger partial charge in [0.25, 0.3) is 0 Å². The quantitative estimate of drug-likeness (QED) is 0.424. The first-order chi connectivity index (χ1) is 13.3. The molecular formula is C18H20NO8P. The molecule has 1 atom stereocenters. The Morgan fingerprint density at radius 1 is 0.893 bits per heavy atom. The minimum Gasteiger partial charge on any atom is -0.459 e. The normalized spacial score (nSPS) is 12.1. The van der Waals surface area contributed by atoms with E-state index in [1.54, 1.807) is 54.6 Å². The Hall–Kier alpha value is -2.71. The van der Waals surface area contributed by atoms with E-state index in [1.807, 2.05) is 6.07 Å². The summed E-state index contributed by atoms with van der Waals surface area (Å²) in [5.41, 5.74) is 1.43. The van der Waals surface area contributed by atoms with Crippen LogP contribution in [0, 0.1) is 0 Å². The summed E-state index contributed by atoms with van der Waals surface area (Å²) < 4.78 is 25.3. The summed E-state index contributed by atoms with van der Waals surface area (Å²) in [4.78, 5) is 41.8. The molecule has 28 heavy (non-hydrogen) atoms. The van der Waals surface area contributed by atoms with Crippen molar-refractivity contribution in [3.8, 4) is 0 Å². The Balaban J connectivity index is 1.92. The predicted octanol–water partition coefficient (Wildman–Crippen LogP) is 2.13. The van der Waals surface area contributed by atoms with E-state index in [9.17, 15) is 14.2 Å². The molecule has 0 spiro atoms. The molecule has 0 unspecified atom stereocenters. The van der Waals surface area contributed by atoms with E-state index < -0.39 is 32.5 Å². The van der Waals surface area contributed by atoms with Crippen LogP contribution in [0.3, 0.4) is 0 Å². The molecule has 0 aromatic heterocycles. The van der Waals surface area contributed by atoms with Crippen molar-refractivity contribution in [3.05, 3.63) is 71.8 Å². The molecule has 10 heteroatoms. The number of carbonyl (C=O) groups is 2. The SMILES string of the molecule is O=C(N[C@@H](COP(=O)(O)O)C(=O)OCc1ccccc1)OCc1ccccc1. The minimum atomic E-state index is -4.84. The van der Waals surface area contributed by atoms with Crippen LogP contribution in [0.2, 0.25) is 0 Å². The third-order valence-corrected chi connectivity index (χ3v) is 3.91. The van der Waals surface area contributed by atoms with Crippen molar-refractivity contribution >= 4 is 19.9 Å². The molecule has 150 valence electrons. The fourth-order valence-corrected chi connectivity index (χ4v) is 2.42. The Kier molecular flexibility index (Phi) is 8.16. The van der Waals surface area contributed by atoms with E-state index in [0.717, 1.165) is 5.56 Å². The topological polar surface area (TPSA) is 131 Å². The zero-order valence-corrected chi connectivity index (χ0v) is 15.7. The van der Waals surface area contributed by atoms with Gasteiger partial charge in [0.05, 0.1) is 6.61 Å². The lowest BCUT2D eigenvalue weighted by molar-refractivity contribution is -0.148. The van der Waals surface area contributed by atoms with Gasteiger partial charge in [0.2, 0.25) is 0 Å². The van der Waals surface area contributed by atoms with Gasteiger partial charge in [0, 0.05) is 0 Å². The highest BCUT2D eigenvalue weighted by Gasteiger charge is 2.27. The van der Waals surface area contributed by atoms with Crippen LogP contribution >= 0.6 is 7.82 Å².